The lowest BCUT2D eigenvalue weighted by molar-refractivity contribution is -0.0139. The van der Waals surface area contributed by atoms with Crippen LogP contribution < -0.4 is 5.32 Å². The van der Waals surface area contributed by atoms with Gasteiger partial charge in [0.05, 0.1) is 19.3 Å². The van der Waals surface area contributed by atoms with Crippen molar-refractivity contribution >= 4 is 0 Å². The predicted octanol–water partition coefficient (Wildman–Crippen LogP) is 2.58. The summed E-state index contributed by atoms with van der Waals surface area (Å²) in [6.45, 7) is 9.00. The maximum absolute atomic E-state index is 5.19. The van der Waals surface area contributed by atoms with Crippen molar-refractivity contribution in [2.75, 3.05) is 13.2 Å². The largest absolute Gasteiger partial charge is 0.378 e. The van der Waals surface area contributed by atoms with E-state index in [4.69, 9.17) is 4.74 Å². The van der Waals surface area contributed by atoms with Crippen molar-refractivity contribution in [3.8, 4) is 0 Å². The summed E-state index contributed by atoms with van der Waals surface area (Å²) in [5.41, 5.74) is 0.505. The molecule has 88 valence electrons. The van der Waals surface area contributed by atoms with E-state index in [0.717, 1.165) is 25.2 Å². The lowest BCUT2D eigenvalue weighted by Gasteiger charge is -2.39. The molecular formula is C13H25NO. The van der Waals surface area contributed by atoms with Crippen LogP contribution in [0.3, 0.4) is 0 Å². The first-order chi connectivity index (χ1) is 7.05. The van der Waals surface area contributed by atoms with Gasteiger partial charge in [0.1, 0.15) is 0 Å². The lowest BCUT2D eigenvalue weighted by Crippen LogP contribution is -2.51. The molecule has 2 nitrogen and oxygen atoms in total. The second-order valence-corrected chi connectivity index (χ2v) is 6.32. The van der Waals surface area contributed by atoms with E-state index in [9.17, 15) is 0 Å². The highest BCUT2D eigenvalue weighted by molar-refractivity contribution is 4.86. The van der Waals surface area contributed by atoms with Gasteiger partial charge in [-0.2, -0.15) is 0 Å². The molecule has 1 saturated heterocycles. The highest BCUT2D eigenvalue weighted by Gasteiger charge is 2.31. The Bertz CT molecular complexity index is 197. The van der Waals surface area contributed by atoms with Crippen molar-refractivity contribution in [1.29, 1.82) is 0 Å². The van der Waals surface area contributed by atoms with E-state index in [1.165, 1.54) is 25.7 Å². The van der Waals surface area contributed by atoms with Crippen molar-refractivity contribution in [1.82, 2.24) is 5.32 Å². The maximum atomic E-state index is 5.19. The molecule has 0 aromatic rings. The third kappa shape index (κ3) is 2.94. The third-order valence-electron chi connectivity index (χ3n) is 4.06. The molecule has 1 aliphatic heterocycles. The number of hydrogen-bond donors (Lipinski definition) is 1. The zero-order valence-electron chi connectivity index (χ0n) is 10.4. The zero-order chi connectivity index (χ0) is 10.9. The molecule has 1 saturated carbocycles. The van der Waals surface area contributed by atoms with Crippen LogP contribution in [0.25, 0.3) is 0 Å². The van der Waals surface area contributed by atoms with E-state index >= 15 is 0 Å². The van der Waals surface area contributed by atoms with Crippen molar-refractivity contribution in [3.05, 3.63) is 0 Å². The van der Waals surface area contributed by atoms with Crippen LogP contribution in [0.5, 0.6) is 0 Å². The van der Waals surface area contributed by atoms with Gasteiger partial charge in [-0.3, -0.25) is 0 Å². The van der Waals surface area contributed by atoms with Gasteiger partial charge in [0.25, 0.3) is 0 Å². The molecule has 2 aliphatic rings. The summed E-state index contributed by atoms with van der Waals surface area (Å²) in [6, 6.07) is 1.42. The van der Waals surface area contributed by atoms with E-state index in [-0.39, 0.29) is 0 Å². The summed E-state index contributed by atoms with van der Waals surface area (Å²) in [6.07, 6.45) is 5.51. The number of hydrogen-bond acceptors (Lipinski definition) is 2. The molecule has 0 amide bonds. The quantitative estimate of drug-likeness (QED) is 0.758. The molecule has 0 radical (unpaired) electrons. The Kier molecular flexibility index (Phi) is 3.36. The van der Waals surface area contributed by atoms with Crippen molar-refractivity contribution in [2.24, 2.45) is 11.3 Å². The summed E-state index contributed by atoms with van der Waals surface area (Å²) < 4.78 is 5.19. The van der Waals surface area contributed by atoms with Gasteiger partial charge in [-0.15, -0.1) is 0 Å². The molecule has 2 fully saturated rings. The monoisotopic (exact) mass is 211 g/mol. The topological polar surface area (TPSA) is 21.3 Å². The Morgan fingerprint density at radius 1 is 0.933 bits per heavy atom. The molecule has 0 aromatic carbocycles. The van der Waals surface area contributed by atoms with Crippen molar-refractivity contribution < 1.29 is 4.74 Å². The van der Waals surface area contributed by atoms with Gasteiger partial charge < -0.3 is 10.1 Å². The van der Waals surface area contributed by atoms with Crippen molar-refractivity contribution in [2.45, 2.75) is 58.5 Å². The van der Waals surface area contributed by atoms with E-state index in [1.54, 1.807) is 0 Å². The van der Waals surface area contributed by atoms with E-state index in [0.29, 0.717) is 11.5 Å². The van der Waals surface area contributed by atoms with Gasteiger partial charge >= 0.3 is 0 Å². The van der Waals surface area contributed by atoms with Gasteiger partial charge in [-0.05, 0) is 37.0 Å². The standard InChI is InChI=1S/C13H25NO/c1-13(2,3)10-4-6-11(7-5-10)14-12-8-15-9-12/h10-12,14H,4-9H2,1-3H3. The first kappa shape index (κ1) is 11.4. The van der Waals surface area contributed by atoms with Crippen LogP contribution in [-0.4, -0.2) is 25.3 Å². The Hall–Kier alpha value is -0.0800. The van der Waals surface area contributed by atoms with Gasteiger partial charge in [0, 0.05) is 6.04 Å². The Morgan fingerprint density at radius 3 is 1.93 bits per heavy atom. The van der Waals surface area contributed by atoms with E-state index in [1.807, 2.05) is 0 Å². The fraction of sp³-hybridized carbons (Fsp3) is 1.00. The zero-order valence-corrected chi connectivity index (χ0v) is 10.4. The molecule has 1 heterocycles. The summed E-state index contributed by atoms with van der Waals surface area (Å²) in [4.78, 5) is 0. The molecule has 15 heavy (non-hydrogen) atoms. The summed E-state index contributed by atoms with van der Waals surface area (Å²) in [5, 5.41) is 3.70. The Morgan fingerprint density at radius 2 is 1.53 bits per heavy atom. The Labute approximate surface area is 93.8 Å². The van der Waals surface area contributed by atoms with Crippen LogP contribution in [0.2, 0.25) is 0 Å². The summed E-state index contributed by atoms with van der Waals surface area (Å²) in [7, 11) is 0. The minimum atomic E-state index is 0.505. The number of ether oxygens (including phenoxy) is 1. The molecule has 1 N–H and O–H groups in total. The van der Waals surface area contributed by atoms with Gasteiger partial charge in [0.2, 0.25) is 0 Å². The van der Waals surface area contributed by atoms with Crippen molar-refractivity contribution in [3.63, 3.8) is 0 Å². The second-order valence-electron chi connectivity index (χ2n) is 6.32. The minimum Gasteiger partial charge on any atom is -0.378 e. The lowest BCUT2D eigenvalue weighted by atomic mass is 9.71. The van der Waals surface area contributed by atoms with Gasteiger partial charge in [-0.1, -0.05) is 20.8 Å². The van der Waals surface area contributed by atoms with Gasteiger partial charge in [-0.25, -0.2) is 0 Å². The maximum Gasteiger partial charge on any atom is 0.0643 e. The minimum absolute atomic E-state index is 0.505. The molecule has 0 spiro atoms. The first-order valence-electron chi connectivity index (χ1n) is 6.39. The third-order valence-corrected chi connectivity index (χ3v) is 4.06. The van der Waals surface area contributed by atoms with Crippen LogP contribution >= 0.6 is 0 Å². The van der Waals surface area contributed by atoms with Crippen LogP contribution in [-0.2, 0) is 4.74 Å². The molecule has 0 unspecified atom stereocenters. The van der Waals surface area contributed by atoms with E-state index < -0.39 is 0 Å². The molecule has 2 rings (SSSR count). The SMILES string of the molecule is CC(C)(C)C1CCC(NC2COC2)CC1. The highest BCUT2D eigenvalue weighted by atomic mass is 16.5. The molecule has 2 heteroatoms. The smallest absolute Gasteiger partial charge is 0.0643 e. The molecule has 0 aromatic heterocycles. The molecule has 0 atom stereocenters. The highest BCUT2D eigenvalue weighted by Crippen LogP contribution is 2.37. The van der Waals surface area contributed by atoms with E-state index in [2.05, 4.69) is 26.1 Å². The average Bonchev–Trinajstić information content (AvgIpc) is 2.11. The first-order valence-corrected chi connectivity index (χ1v) is 6.39. The Balaban J connectivity index is 1.71. The molecular weight excluding hydrogens is 186 g/mol. The summed E-state index contributed by atoms with van der Waals surface area (Å²) >= 11 is 0. The normalized spacial score (nSPS) is 33.8. The average molecular weight is 211 g/mol. The van der Waals surface area contributed by atoms with Crippen LogP contribution in [0.15, 0.2) is 0 Å². The predicted molar refractivity (Wildman–Crippen MR) is 62.9 cm³/mol. The van der Waals surface area contributed by atoms with Crippen LogP contribution in [0.4, 0.5) is 0 Å². The number of rotatable bonds is 2. The van der Waals surface area contributed by atoms with Gasteiger partial charge in [0.15, 0.2) is 0 Å². The van der Waals surface area contributed by atoms with Crippen LogP contribution in [0, 0.1) is 11.3 Å². The number of nitrogens with one attached hydrogen (secondary N) is 1. The van der Waals surface area contributed by atoms with Crippen LogP contribution in [0.1, 0.15) is 46.5 Å². The fourth-order valence-electron chi connectivity index (χ4n) is 2.79. The summed E-state index contributed by atoms with van der Waals surface area (Å²) in [5.74, 6) is 0.924. The molecule has 0 bridgehead atoms. The molecule has 1 aliphatic carbocycles. The second kappa shape index (κ2) is 4.42. The fourth-order valence-corrected chi connectivity index (χ4v) is 2.79.